The number of rotatable bonds is 1. The van der Waals surface area contributed by atoms with Gasteiger partial charge in [0.15, 0.2) is 0 Å². The molecule has 0 bridgehead atoms. The molecule has 1 aliphatic rings. The fraction of sp³-hybridized carbons (Fsp3) is 0.714. The van der Waals surface area contributed by atoms with Crippen LogP contribution in [-0.4, -0.2) is 18.1 Å². The fourth-order valence-electron chi connectivity index (χ4n) is 0.982. The Balaban J connectivity index is 2.38. The number of alkyl halides is 1. The molecule has 1 heterocycles. The van der Waals surface area contributed by atoms with Gasteiger partial charge in [-0.3, -0.25) is 0 Å². The standard InChI is InChI=1S/C7H11ClO/c1-2-7-6(8)4-3-5-9-7/h2,6-7H,1,3-5H2/t6-,7-/m0/s1. The van der Waals surface area contributed by atoms with Crippen LogP contribution < -0.4 is 0 Å². The van der Waals surface area contributed by atoms with Gasteiger partial charge in [-0.2, -0.15) is 0 Å². The molecule has 2 heteroatoms. The van der Waals surface area contributed by atoms with E-state index in [0.717, 1.165) is 19.4 Å². The van der Waals surface area contributed by atoms with Crippen LogP contribution in [0.25, 0.3) is 0 Å². The summed E-state index contributed by atoms with van der Waals surface area (Å²) in [4.78, 5) is 0. The van der Waals surface area contributed by atoms with Gasteiger partial charge in [-0.25, -0.2) is 0 Å². The van der Waals surface area contributed by atoms with E-state index in [4.69, 9.17) is 16.3 Å². The molecule has 0 amide bonds. The lowest BCUT2D eigenvalue weighted by Gasteiger charge is -2.24. The maximum absolute atomic E-state index is 5.89. The van der Waals surface area contributed by atoms with Gasteiger partial charge in [-0.15, -0.1) is 18.2 Å². The Hall–Kier alpha value is -0.0100. The summed E-state index contributed by atoms with van der Waals surface area (Å²) >= 11 is 5.89. The molecule has 1 rings (SSSR count). The molecule has 0 spiro atoms. The summed E-state index contributed by atoms with van der Waals surface area (Å²) in [7, 11) is 0. The van der Waals surface area contributed by atoms with Crippen molar-refractivity contribution in [1.29, 1.82) is 0 Å². The molecule has 9 heavy (non-hydrogen) atoms. The quantitative estimate of drug-likeness (QED) is 0.406. The summed E-state index contributed by atoms with van der Waals surface area (Å²) in [6.45, 7) is 4.46. The lowest BCUT2D eigenvalue weighted by molar-refractivity contribution is 0.0501. The van der Waals surface area contributed by atoms with Crippen molar-refractivity contribution in [2.45, 2.75) is 24.3 Å². The van der Waals surface area contributed by atoms with Gasteiger partial charge in [-0.1, -0.05) is 6.08 Å². The predicted octanol–water partition coefficient (Wildman–Crippen LogP) is 1.96. The highest BCUT2D eigenvalue weighted by molar-refractivity contribution is 6.21. The van der Waals surface area contributed by atoms with Gasteiger partial charge in [0.25, 0.3) is 0 Å². The normalized spacial score (nSPS) is 36.1. The Bertz CT molecular complexity index is 103. The van der Waals surface area contributed by atoms with Gasteiger partial charge in [0.1, 0.15) is 0 Å². The first kappa shape index (κ1) is 7.10. The van der Waals surface area contributed by atoms with Crippen molar-refractivity contribution in [1.82, 2.24) is 0 Å². The minimum Gasteiger partial charge on any atom is -0.373 e. The molecule has 2 atom stereocenters. The molecule has 0 unspecified atom stereocenters. The summed E-state index contributed by atoms with van der Waals surface area (Å²) in [6.07, 6.45) is 3.99. The lowest BCUT2D eigenvalue weighted by atomic mass is 10.1. The molecule has 0 radical (unpaired) electrons. The van der Waals surface area contributed by atoms with E-state index < -0.39 is 0 Å². The van der Waals surface area contributed by atoms with E-state index in [9.17, 15) is 0 Å². The summed E-state index contributed by atoms with van der Waals surface area (Å²) in [6, 6.07) is 0. The lowest BCUT2D eigenvalue weighted by Crippen LogP contribution is -2.27. The zero-order valence-corrected chi connectivity index (χ0v) is 6.10. The van der Waals surface area contributed by atoms with E-state index >= 15 is 0 Å². The monoisotopic (exact) mass is 146 g/mol. The van der Waals surface area contributed by atoms with Crippen LogP contribution >= 0.6 is 11.6 Å². The molecule has 52 valence electrons. The number of hydrogen-bond donors (Lipinski definition) is 0. The smallest absolute Gasteiger partial charge is 0.0916 e. The van der Waals surface area contributed by atoms with E-state index in [2.05, 4.69) is 6.58 Å². The van der Waals surface area contributed by atoms with Crippen molar-refractivity contribution in [3.63, 3.8) is 0 Å². The molecule has 0 aliphatic carbocycles. The van der Waals surface area contributed by atoms with Crippen molar-refractivity contribution in [2.24, 2.45) is 0 Å². The third-order valence-corrected chi connectivity index (χ3v) is 1.99. The highest BCUT2D eigenvalue weighted by Gasteiger charge is 2.20. The molecule has 1 fully saturated rings. The van der Waals surface area contributed by atoms with Gasteiger partial charge in [0, 0.05) is 6.61 Å². The summed E-state index contributed by atoms with van der Waals surface area (Å²) in [5.41, 5.74) is 0. The fourth-order valence-corrected chi connectivity index (χ4v) is 1.31. The van der Waals surface area contributed by atoms with E-state index in [1.165, 1.54) is 0 Å². The van der Waals surface area contributed by atoms with Gasteiger partial charge in [0.2, 0.25) is 0 Å². The largest absolute Gasteiger partial charge is 0.373 e. The van der Waals surface area contributed by atoms with Crippen molar-refractivity contribution >= 4 is 11.6 Å². The molecule has 0 aromatic heterocycles. The number of halogens is 1. The second-order valence-electron chi connectivity index (χ2n) is 2.23. The third-order valence-electron chi connectivity index (χ3n) is 1.52. The van der Waals surface area contributed by atoms with Crippen molar-refractivity contribution < 1.29 is 4.74 Å². The van der Waals surface area contributed by atoms with Crippen molar-refractivity contribution in [3.05, 3.63) is 12.7 Å². The van der Waals surface area contributed by atoms with Gasteiger partial charge >= 0.3 is 0 Å². The average Bonchev–Trinajstić information content (AvgIpc) is 1.89. The third kappa shape index (κ3) is 1.70. The number of ether oxygens (including phenoxy) is 1. The molecular formula is C7H11ClO. The van der Waals surface area contributed by atoms with E-state index in [1.54, 1.807) is 6.08 Å². The van der Waals surface area contributed by atoms with Gasteiger partial charge < -0.3 is 4.74 Å². The maximum Gasteiger partial charge on any atom is 0.0916 e. The highest BCUT2D eigenvalue weighted by Crippen LogP contribution is 2.19. The van der Waals surface area contributed by atoms with Crippen molar-refractivity contribution in [3.8, 4) is 0 Å². The Morgan fingerprint density at radius 1 is 1.67 bits per heavy atom. The molecule has 0 aromatic rings. The first-order chi connectivity index (χ1) is 4.34. The molecule has 1 nitrogen and oxygen atoms in total. The van der Waals surface area contributed by atoms with Crippen LogP contribution in [0, 0.1) is 0 Å². The first-order valence-electron chi connectivity index (χ1n) is 3.23. The minimum atomic E-state index is 0.0837. The summed E-state index contributed by atoms with van der Waals surface area (Å²) in [5.74, 6) is 0. The average molecular weight is 147 g/mol. The SMILES string of the molecule is C=C[C@@H]1OCCC[C@@H]1Cl. The topological polar surface area (TPSA) is 9.23 Å². The summed E-state index contributed by atoms with van der Waals surface area (Å²) < 4.78 is 5.29. The first-order valence-corrected chi connectivity index (χ1v) is 3.66. The van der Waals surface area contributed by atoms with E-state index in [0.29, 0.717) is 0 Å². The second kappa shape index (κ2) is 3.23. The zero-order chi connectivity index (χ0) is 6.69. The van der Waals surface area contributed by atoms with Gasteiger partial charge in [-0.05, 0) is 12.8 Å². The second-order valence-corrected chi connectivity index (χ2v) is 2.79. The molecular weight excluding hydrogens is 136 g/mol. The zero-order valence-electron chi connectivity index (χ0n) is 5.35. The maximum atomic E-state index is 5.89. The van der Waals surface area contributed by atoms with Crippen LogP contribution in [0.4, 0.5) is 0 Å². The van der Waals surface area contributed by atoms with Crippen LogP contribution in [0.15, 0.2) is 12.7 Å². The van der Waals surface area contributed by atoms with E-state index in [-0.39, 0.29) is 11.5 Å². The number of hydrogen-bond acceptors (Lipinski definition) is 1. The van der Waals surface area contributed by atoms with E-state index in [1.807, 2.05) is 0 Å². The Morgan fingerprint density at radius 3 is 2.89 bits per heavy atom. The molecule has 0 saturated carbocycles. The molecule has 1 saturated heterocycles. The van der Waals surface area contributed by atoms with Crippen LogP contribution in [0.5, 0.6) is 0 Å². The summed E-state index contributed by atoms with van der Waals surface area (Å²) in [5, 5.41) is 0.149. The Morgan fingerprint density at radius 2 is 2.44 bits per heavy atom. The Labute approximate surface area is 60.7 Å². The van der Waals surface area contributed by atoms with Crippen molar-refractivity contribution in [2.75, 3.05) is 6.61 Å². The molecule has 0 N–H and O–H groups in total. The Kier molecular flexibility index (Phi) is 2.55. The predicted molar refractivity (Wildman–Crippen MR) is 38.8 cm³/mol. The molecule has 1 aliphatic heterocycles. The van der Waals surface area contributed by atoms with Gasteiger partial charge in [0.05, 0.1) is 11.5 Å². The molecule has 0 aromatic carbocycles. The van der Waals surface area contributed by atoms with Crippen LogP contribution in [-0.2, 0) is 4.74 Å². The van der Waals surface area contributed by atoms with Crippen LogP contribution in [0.1, 0.15) is 12.8 Å². The van der Waals surface area contributed by atoms with Crippen LogP contribution in [0.2, 0.25) is 0 Å². The highest BCUT2D eigenvalue weighted by atomic mass is 35.5. The van der Waals surface area contributed by atoms with Crippen LogP contribution in [0.3, 0.4) is 0 Å². The minimum absolute atomic E-state index is 0.0837.